The van der Waals surface area contributed by atoms with Crippen LogP contribution in [0.1, 0.15) is 21.5 Å². The van der Waals surface area contributed by atoms with Gasteiger partial charge in [0.25, 0.3) is 5.91 Å². The number of carbonyl (C=O) groups excluding carboxylic acids is 1. The number of hydrogen-bond acceptors (Lipinski definition) is 5. The second-order valence-electron chi connectivity index (χ2n) is 6.65. The van der Waals surface area contributed by atoms with E-state index in [0.29, 0.717) is 50.6 Å². The van der Waals surface area contributed by atoms with Gasteiger partial charge in [-0.1, -0.05) is 29.3 Å². The quantitative estimate of drug-likeness (QED) is 0.189. The van der Waals surface area contributed by atoms with E-state index in [1.807, 2.05) is 6.07 Å². The number of methoxy groups -OCH3 is 1. The SMILES string of the molecule is COc1cc(/C=N\NC(=O)c2cc(Br)c(O)c(Br)c2)c(Br)c(Br)c1OCc1ccc(Cl)c(Cl)c1. The van der Waals surface area contributed by atoms with Crippen LogP contribution in [0.15, 0.2) is 59.4 Å². The first kappa shape index (κ1) is 27.3. The van der Waals surface area contributed by atoms with Crippen molar-refractivity contribution in [3.63, 3.8) is 0 Å². The lowest BCUT2D eigenvalue weighted by Gasteiger charge is -2.15. The molecule has 0 aliphatic heterocycles. The van der Waals surface area contributed by atoms with Gasteiger partial charge < -0.3 is 14.6 Å². The number of hydrogen-bond donors (Lipinski definition) is 2. The summed E-state index contributed by atoms with van der Waals surface area (Å²) in [6.07, 6.45) is 1.46. The Morgan fingerprint density at radius 3 is 2.35 bits per heavy atom. The molecule has 12 heteroatoms. The minimum Gasteiger partial charge on any atom is -0.506 e. The molecule has 0 saturated carbocycles. The summed E-state index contributed by atoms with van der Waals surface area (Å²) in [7, 11) is 1.52. The molecule has 0 bridgehead atoms. The highest BCUT2D eigenvalue weighted by Crippen LogP contribution is 2.42. The largest absolute Gasteiger partial charge is 0.506 e. The first-order chi connectivity index (χ1) is 16.1. The Kier molecular flexibility index (Phi) is 9.71. The minimum atomic E-state index is -0.457. The van der Waals surface area contributed by atoms with Crippen molar-refractivity contribution in [1.29, 1.82) is 0 Å². The van der Waals surface area contributed by atoms with E-state index in [1.165, 1.54) is 25.5 Å². The standard InChI is InChI=1S/C22H14Br4Cl2N2O4/c1-33-17-7-12(8-29-30-22(32)11-5-13(23)20(31)14(24)6-11)18(25)19(26)21(17)34-9-10-2-3-15(27)16(28)4-10/h2-8,31H,9H2,1H3,(H,30,32)/b29-8-. The average molecular weight is 761 g/mol. The Labute approximate surface area is 239 Å². The lowest BCUT2D eigenvalue weighted by atomic mass is 10.2. The topological polar surface area (TPSA) is 80.2 Å². The van der Waals surface area contributed by atoms with Crippen molar-refractivity contribution in [3.05, 3.63) is 81.0 Å². The maximum absolute atomic E-state index is 12.4. The highest BCUT2D eigenvalue weighted by Gasteiger charge is 2.17. The molecular weight excluding hydrogens is 747 g/mol. The Balaban J connectivity index is 1.77. The number of ether oxygens (including phenoxy) is 2. The molecule has 0 fully saturated rings. The Bertz CT molecular complexity index is 1270. The number of rotatable bonds is 7. The molecule has 178 valence electrons. The molecule has 0 aliphatic carbocycles. The summed E-state index contributed by atoms with van der Waals surface area (Å²) in [6, 6.07) is 9.93. The van der Waals surface area contributed by atoms with E-state index in [2.05, 4.69) is 74.2 Å². The molecule has 1 amide bonds. The fourth-order valence-electron chi connectivity index (χ4n) is 2.69. The molecule has 3 aromatic rings. The van der Waals surface area contributed by atoms with Gasteiger partial charge in [0.2, 0.25) is 0 Å². The summed E-state index contributed by atoms with van der Waals surface area (Å²) in [4.78, 5) is 12.4. The summed E-state index contributed by atoms with van der Waals surface area (Å²) in [6.45, 7) is 0.236. The van der Waals surface area contributed by atoms with Crippen LogP contribution in [-0.4, -0.2) is 24.3 Å². The normalized spacial score (nSPS) is 11.0. The van der Waals surface area contributed by atoms with Gasteiger partial charge in [0.1, 0.15) is 12.4 Å². The summed E-state index contributed by atoms with van der Waals surface area (Å²) in [5, 5.41) is 14.7. The molecule has 3 rings (SSSR count). The van der Waals surface area contributed by atoms with E-state index in [0.717, 1.165) is 5.56 Å². The van der Waals surface area contributed by atoms with Crippen molar-refractivity contribution in [2.75, 3.05) is 7.11 Å². The molecule has 34 heavy (non-hydrogen) atoms. The Morgan fingerprint density at radius 1 is 1.06 bits per heavy atom. The first-order valence-corrected chi connectivity index (χ1v) is 13.2. The molecule has 0 atom stereocenters. The molecule has 6 nitrogen and oxygen atoms in total. The van der Waals surface area contributed by atoms with Crippen molar-refractivity contribution < 1.29 is 19.4 Å². The fraction of sp³-hybridized carbons (Fsp3) is 0.0909. The molecule has 0 spiro atoms. The second kappa shape index (κ2) is 12.1. The number of nitrogens with zero attached hydrogens (tertiary/aromatic N) is 1. The predicted octanol–water partition coefficient (Wildman–Crippen LogP) is 8.10. The summed E-state index contributed by atoms with van der Waals surface area (Å²) in [5.74, 6) is 0.471. The molecule has 0 saturated heterocycles. The number of carbonyl (C=O) groups is 1. The first-order valence-electron chi connectivity index (χ1n) is 9.26. The van der Waals surface area contributed by atoms with Crippen molar-refractivity contribution >= 4 is 99.0 Å². The highest BCUT2D eigenvalue weighted by atomic mass is 79.9. The van der Waals surface area contributed by atoms with Crippen LogP contribution in [0, 0.1) is 0 Å². The Hall–Kier alpha value is -1.30. The van der Waals surface area contributed by atoms with Crippen LogP contribution in [0.25, 0.3) is 0 Å². The molecular formula is C22H14Br4Cl2N2O4. The maximum Gasteiger partial charge on any atom is 0.271 e. The molecule has 0 aromatic heterocycles. The van der Waals surface area contributed by atoms with Crippen LogP contribution in [0.2, 0.25) is 10.0 Å². The zero-order valence-electron chi connectivity index (χ0n) is 17.1. The third-order valence-electron chi connectivity index (χ3n) is 4.39. The third-order valence-corrected chi connectivity index (χ3v) is 8.48. The van der Waals surface area contributed by atoms with Crippen LogP contribution in [0.4, 0.5) is 0 Å². The van der Waals surface area contributed by atoms with Gasteiger partial charge >= 0.3 is 0 Å². The lowest BCUT2D eigenvalue weighted by Crippen LogP contribution is -2.17. The lowest BCUT2D eigenvalue weighted by molar-refractivity contribution is 0.0955. The van der Waals surface area contributed by atoms with E-state index in [4.69, 9.17) is 32.7 Å². The second-order valence-corrected chi connectivity index (χ2v) is 10.8. The molecule has 0 unspecified atom stereocenters. The number of hydrazone groups is 1. The number of nitrogens with one attached hydrogen (secondary N) is 1. The van der Waals surface area contributed by atoms with Gasteiger partial charge in [-0.15, -0.1) is 0 Å². The van der Waals surface area contributed by atoms with Crippen LogP contribution in [-0.2, 0) is 6.61 Å². The van der Waals surface area contributed by atoms with Crippen LogP contribution in [0.5, 0.6) is 17.2 Å². The van der Waals surface area contributed by atoms with E-state index < -0.39 is 5.91 Å². The van der Waals surface area contributed by atoms with E-state index >= 15 is 0 Å². The van der Waals surface area contributed by atoms with Gasteiger partial charge in [-0.05, 0) is 99.6 Å². The summed E-state index contributed by atoms with van der Waals surface area (Å²) in [5.41, 5.74) is 4.21. The molecule has 0 heterocycles. The number of halogens is 6. The van der Waals surface area contributed by atoms with Gasteiger partial charge in [-0.2, -0.15) is 5.10 Å². The number of phenolic OH excluding ortho intramolecular Hbond substituents is 1. The van der Waals surface area contributed by atoms with Gasteiger partial charge in [0, 0.05) is 15.6 Å². The van der Waals surface area contributed by atoms with Gasteiger partial charge in [0.15, 0.2) is 11.5 Å². The predicted molar refractivity (Wildman–Crippen MR) is 148 cm³/mol. The summed E-state index contributed by atoms with van der Waals surface area (Å²) >= 11 is 25.5. The van der Waals surface area contributed by atoms with Crippen molar-refractivity contribution in [3.8, 4) is 17.2 Å². The molecule has 0 radical (unpaired) electrons. The number of aromatic hydroxyl groups is 1. The Morgan fingerprint density at radius 2 is 1.74 bits per heavy atom. The zero-order valence-corrected chi connectivity index (χ0v) is 25.0. The van der Waals surface area contributed by atoms with Crippen molar-refractivity contribution in [2.24, 2.45) is 5.10 Å². The van der Waals surface area contributed by atoms with Crippen LogP contribution < -0.4 is 14.9 Å². The van der Waals surface area contributed by atoms with Crippen molar-refractivity contribution in [1.82, 2.24) is 5.43 Å². The van der Waals surface area contributed by atoms with Crippen LogP contribution in [0.3, 0.4) is 0 Å². The fourth-order valence-corrected chi connectivity index (χ4v) is 5.13. The van der Waals surface area contributed by atoms with E-state index in [9.17, 15) is 9.90 Å². The van der Waals surface area contributed by atoms with E-state index in [-0.39, 0.29) is 12.4 Å². The number of amides is 1. The number of benzene rings is 3. The van der Waals surface area contributed by atoms with Gasteiger partial charge in [0.05, 0.1) is 36.8 Å². The molecule has 0 aliphatic rings. The van der Waals surface area contributed by atoms with Gasteiger partial charge in [-0.3, -0.25) is 4.79 Å². The highest BCUT2D eigenvalue weighted by molar-refractivity contribution is 9.13. The number of phenols is 1. The monoisotopic (exact) mass is 756 g/mol. The third kappa shape index (κ3) is 6.47. The van der Waals surface area contributed by atoms with E-state index in [1.54, 1.807) is 18.2 Å². The molecule has 3 aromatic carbocycles. The van der Waals surface area contributed by atoms with Crippen molar-refractivity contribution in [2.45, 2.75) is 6.61 Å². The van der Waals surface area contributed by atoms with Crippen LogP contribution >= 0.6 is 86.9 Å². The summed E-state index contributed by atoms with van der Waals surface area (Å²) < 4.78 is 13.4. The smallest absolute Gasteiger partial charge is 0.271 e. The average Bonchev–Trinajstić information content (AvgIpc) is 2.81. The molecule has 2 N–H and O–H groups in total. The zero-order chi connectivity index (χ0) is 25.0. The minimum absolute atomic E-state index is 0.00222. The van der Waals surface area contributed by atoms with Gasteiger partial charge in [-0.25, -0.2) is 5.43 Å². The maximum atomic E-state index is 12.4.